The van der Waals surface area contributed by atoms with Crippen molar-refractivity contribution in [1.29, 1.82) is 0 Å². The van der Waals surface area contributed by atoms with Crippen LogP contribution in [0.15, 0.2) is 0 Å². The summed E-state index contributed by atoms with van der Waals surface area (Å²) in [5, 5.41) is 26.3. The molecule has 12 nitrogen and oxygen atoms in total. The molecule has 31 heavy (non-hydrogen) atoms. The molecule has 0 saturated heterocycles. The molecule has 0 aromatic carbocycles. The number of hydrogen-bond donors (Lipinski definition) is 8. The smallest absolute Gasteiger partial charge is 0.326 e. The van der Waals surface area contributed by atoms with Crippen molar-refractivity contribution < 1.29 is 34.2 Å². The maximum absolute atomic E-state index is 12.7. The molecule has 0 spiro atoms. The summed E-state index contributed by atoms with van der Waals surface area (Å²) in [6.45, 7) is 4.62. The molecule has 9 N–H and O–H groups in total. The van der Waals surface area contributed by atoms with Crippen LogP contribution < -0.4 is 27.4 Å². The van der Waals surface area contributed by atoms with E-state index < -0.39 is 65.8 Å². The van der Waals surface area contributed by atoms with Crippen molar-refractivity contribution in [3.8, 4) is 0 Å². The Morgan fingerprint density at radius 2 is 1.52 bits per heavy atom. The molecule has 0 aliphatic rings. The van der Waals surface area contributed by atoms with Crippen LogP contribution in [0.2, 0.25) is 0 Å². The number of nitrogens with two attached hydrogens (primary N) is 2. The van der Waals surface area contributed by atoms with E-state index in [2.05, 4.69) is 28.6 Å². The third-order valence-corrected chi connectivity index (χ3v) is 5.08. The van der Waals surface area contributed by atoms with E-state index >= 15 is 0 Å². The number of thiol groups is 1. The van der Waals surface area contributed by atoms with Crippen LogP contribution in [0, 0.1) is 5.92 Å². The Kier molecular flexibility index (Phi) is 12.8. The topological polar surface area (TPSA) is 214 Å². The highest BCUT2D eigenvalue weighted by atomic mass is 32.1. The second-order valence-electron chi connectivity index (χ2n) is 7.29. The lowest BCUT2D eigenvalue weighted by molar-refractivity contribution is -0.144. The van der Waals surface area contributed by atoms with Crippen molar-refractivity contribution >= 4 is 42.2 Å². The number of amides is 4. The van der Waals surface area contributed by atoms with Crippen LogP contribution in [0.1, 0.15) is 40.0 Å². The highest BCUT2D eigenvalue weighted by molar-refractivity contribution is 7.80. The van der Waals surface area contributed by atoms with E-state index in [0.717, 1.165) is 0 Å². The number of carbonyl (C=O) groups excluding carboxylic acids is 4. The van der Waals surface area contributed by atoms with Crippen LogP contribution in [0.4, 0.5) is 0 Å². The zero-order valence-electron chi connectivity index (χ0n) is 17.8. The van der Waals surface area contributed by atoms with Crippen molar-refractivity contribution in [3.05, 3.63) is 0 Å². The Balaban J connectivity index is 5.47. The number of rotatable bonds is 14. The van der Waals surface area contributed by atoms with E-state index in [0.29, 0.717) is 6.42 Å². The average molecular weight is 464 g/mol. The third kappa shape index (κ3) is 9.98. The van der Waals surface area contributed by atoms with Crippen LogP contribution in [0.5, 0.6) is 0 Å². The summed E-state index contributed by atoms with van der Waals surface area (Å²) in [4.78, 5) is 59.9. The number of carboxylic acid groups (broad SMARTS) is 1. The van der Waals surface area contributed by atoms with E-state index in [1.807, 2.05) is 0 Å². The third-order valence-electron chi connectivity index (χ3n) is 4.69. The largest absolute Gasteiger partial charge is 0.480 e. The molecular formula is C18H33N5O7S. The molecular weight excluding hydrogens is 430 g/mol. The first-order valence-corrected chi connectivity index (χ1v) is 10.5. The van der Waals surface area contributed by atoms with Crippen molar-refractivity contribution in [2.45, 2.75) is 70.3 Å². The second kappa shape index (κ2) is 13.8. The van der Waals surface area contributed by atoms with Gasteiger partial charge in [0.05, 0.1) is 12.1 Å². The lowest BCUT2D eigenvalue weighted by Crippen LogP contribution is -2.60. The molecule has 13 heteroatoms. The zero-order chi connectivity index (χ0) is 24.3. The van der Waals surface area contributed by atoms with Crippen LogP contribution in [-0.4, -0.2) is 75.8 Å². The van der Waals surface area contributed by atoms with Crippen molar-refractivity contribution in [1.82, 2.24) is 16.0 Å². The van der Waals surface area contributed by atoms with Gasteiger partial charge in [-0.25, -0.2) is 4.79 Å². The summed E-state index contributed by atoms with van der Waals surface area (Å²) >= 11 is 3.90. The predicted octanol–water partition coefficient (Wildman–Crippen LogP) is -2.53. The van der Waals surface area contributed by atoms with Crippen LogP contribution in [0.25, 0.3) is 0 Å². The lowest BCUT2D eigenvalue weighted by atomic mass is 9.98. The molecule has 0 aliphatic carbocycles. The van der Waals surface area contributed by atoms with Gasteiger partial charge in [-0.05, 0) is 19.3 Å². The molecule has 0 rings (SSSR count). The molecule has 0 aliphatic heterocycles. The number of aliphatic hydroxyl groups excluding tert-OH is 1. The van der Waals surface area contributed by atoms with Crippen LogP contribution in [0.3, 0.4) is 0 Å². The maximum Gasteiger partial charge on any atom is 0.326 e. The molecule has 4 amide bonds. The maximum atomic E-state index is 12.7. The summed E-state index contributed by atoms with van der Waals surface area (Å²) < 4.78 is 0. The first kappa shape index (κ1) is 28.6. The van der Waals surface area contributed by atoms with Gasteiger partial charge in [-0.1, -0.05) is 20.3 Å². The molecule has 178 valence electrons. The van der Waals surface area contributed by atoms with Gasteiger partial charge >= 0.3 is 5.97 Å². The standard InChI is InChI=1S/C18H33N5O7S/c1-4-8(2)13(18(29)30)22-17(28)14(9(3)24)23-16(27)11(5-6-12(20)25)21-15(26)10(19)7-31/h8-11,13-14,24,31H,4-7,19H2,1-3H3,(H2,20,25)(H,21,26)(H,22,28)(H,23,27)(H,29,30). The van der Waals surface area contributed by atoms with Crippen molar-refractivity contribution in [2.75, 3.05) is 5.75 Å². The van der Waals surface area contributed by atoms with E-state index in [1.165, 1.54) is 6.92 Å². The van der Waals surface area contributed by atoms with Gasteiger partial charge in [0.1, 0.15) is 18.1 Å². The van der Waals surface area contributed by atoms with Gasteiger partial charge in [-0.3, -0.25) is 19.2 Å². The minimum Gasteiger partial charge on any atom is -0.480 e. The molecule has 0 aromatic heterocycles. The van der Waals surface area contributed by atoms with Gasteiger partial charge in [-0.15, -0.1) is 0 Å². The number of carboxylic acids is 1. The number of carbonyl (C=O) groups is 5. The number of aliphatic carboxylic acids is 1. The molecule has 0 radical (unpaired) electrons. The minimum absolute atomic E-state index is 0.000880. The predicted molar refractivity (Wildman–Crippen MR) is 115 cm³/mol. The summed E-state index contributed by atoms with van der Waals surface area (Å²) in [5.74, 6) is -4.88. The summed E-state index contributed by atoms with van der Waals surface area (Å²) in [7, 11) is 0. The summed E-state index contributed by atoms with van der Waals surface area (Å²) in [5.41, 5.74) is 10.7. The Morgan fingerprint density at radius 3 is 1.94 bits per heavy atom. The number of hydrogen-bond acceptors (Lipinski definition) is 8. The van der Waals surface area contributed by atoms with E-state index in [9.17, 15) is 34.2 Å². The molecule has 0 heterocycles. The number of nitrogens with one attached hydrogen (secondary N) is 3. The minimum atomic E-state index is -1.51. The van der Waals surface area contributed by atoms with Gasteiger partial charge in [-0.2, -0.15) is 12.6 Å². The second-order valence-corrected chi connectivity index (χ2v) is 7.66. The first-order chi connectivity index (χ1) is 14.3. The van der Waals surface area contributed by atoms with Crippen LogP contribution >= 0.6 is 12.6 Å². The molecule has 0 saturated carbocycles. The van der Waals surface area contributed by atoms with Gasteiger partial charge in [0.25, 0.3) is 0 Å². The highest BCUT2D eigenvalue weighted by Gasteiger charge is 2.34. The average Bonchev–Trinajstić information content (AvgIpc) is 2.70. The van der Waals surface area contributed by atoms with E-state index in [-0.39, 0.29) is 18.6 Å². The van der Waals surface area contributed by atoms with Crippen molar-refractivity contribution in [2.24, 2.45) is 17.4 Å². The molecule has 6 atom stereocenters. The molecule has 6 unspecified atom stereocenters. The zero-order valence-corrected chi connectivity index (χ0v) is 18.7. The summed E-state index contributed by atoms with van der Waals surface area (Å²) in [6, 6.07) is -5.03. The highest BCUT2D eigenvalue weighted by Crippen LogP contribution is 2.09. The summed E-state index contributed by atoms with van der Waals surface area (Å²) in [6.07, 6.45) is -1.34. The lowest BCUT2D eigenvalue weighted by Gasteiger charge is -2.27. The Hall–Kier alpha value is -2.38. The molecule has 0 aromatic rings. The molecule has 0 bridgehead atoms. The van der Waals surface area contributed by atoms with E-state index in [1.54, 1.807) is 13.8 Å². The van der Waals surface area contributed by atoms with E-state index in [4.69, 9.17) is 11.5 Å². The van der Waals surface area contributed by atoms with Gasteiger partial charge in [0.2, 0.25) is 23.6 Å². The number of primary amides is 1. The first-order valence-electron chi connectivity index (χ1n) is 9.82. The quantitative estimate of drug-likeness (QED) is 0.128. The normalized spacial score (nSPS) is 16.7. The number of aliphatic hydroxyl groups is 1. The fourth-order valence-corrected chi connectivity index (χ4v) is 2.67. The molecule has 0 fully saturated rings. The van der Waals surface area contributed by atoms with Gasteiger partial charge in [0.15, 0.2) is 0 Å². The fourth-order valence-electron chi connectivity index (χ4n) is 2.50. The van der Waals surface area contributed by atoms with Crippen LogP contribution in [-0.2, 0) is 24.0 Å². The Labute approximate surface area is 186 Å². The monoisotopic (exact) mass is 463 g/mol. The van der Waals surface area contributed by atoms with Crippen molar-refractivity contribution in [3.63, 3.8) is 0 Å². The van der Waals surface area contributed by atoms with Gasteiger partial charge in [0, 0.05) is 12.2 Å². The Bertz CT molecular complexity index is 661. The van der Waals surface area contributed by atoms with Gasteiger partial charge < -0.3 is 37.6 Å². The fraction of sp³-hybridized carbons (Fsp3) is 0.722. The SMILES string of the molecule is CCC(C)C(NC(=O)C(NC(=O)C(CCC(N)=O)NC(=O)C(N)CS)C(C)O)C(=O)O. The Morgan fingerprint density at radius 1 is 0.968 bits per heavy atom.